The summed E-state index contributed by atoms with van der Waals surface area (Å²) in [6.45, 7) is 1.67. The lowest BCUT2D eigenvalue weighted by molar-refractivity contribution is -0.148. The molecule has 1 aliphatic rings. The number of rotatable bonds is 6. The summed E-state index contributed by atoms with van der Waals surface area (Å²) in [6, 6.07) is 12.0. The van der Waals surface area contributed by atoms with Crippen LogP contribution in [0.15, 0.2) is 48.5 Å². The molecule has 6 heteroatoms. The Morgan fingerprint density at radius 3 is 2.27 bits per heavy atom. The minimum atomic E-state index is -1.57. The van der Waals surface area contributed by atoms with Gasteiger partial charge in [0.15, 0.2) is 5.54 Å². The Labute approximate surface area is 149 Å². The highest BCUT2D eigenvalue weighted by Crippen LogP contribution is 2.49. The van der Waals surface area contributed by atoms with Crippen molar-refractivity contribution < 1.29 is 23.5 Å². The molecule has 3 unspecified atom stereocenters. The van der Waals surface area contributed by atoms with Crippen molar-refractivity contribution in [2.75, 3.05) is 0 Å². The summed E-state index contributed by atoms with van der Waals surface area (Å²) in [7, 11) is 0. The largest absolute Gasteiger partial charge is 0.479 e. The summed E-state index contributed by atoms with van der Waals surface area (Å²) in [5.74, 6) is -4.27. The highest BCUT2D eigenvalue weighted by Gasteiger charge is 2.50. The molecule has 0 aromatic heterocycles. The van der Waals surface area contributed by atoms with E-state index in [9.17, 15) is 23.5 Å². The van der Waals surface area contributed by atoms with Crippen LogP contribution >= 0.6 is 0 Å². The van der Waals surface area contributed by atoms with Crippen molar-refractivity contribution >= 4 is 11.9 Å². The second-order valence-corrected chi connectivity index (χ2v) is 6.50. The van der Waals surface area contributed by atoms with E-state index in [0.717, 1.165) is 12.1 Å². The highest BCUT2D eigenvalue weighted by molar-refractivity contribution is 5.91. The predicted molar refractivity (Wildman–Crippen MR) is 91.4 cm³/mol. The maximum Gasteiger partial charge on any atom is 0.334 e. The molecule has 2 aromatic carbocycles. The molecular weight excluding hydrogens is 340 g/mol. The Morgan fingerprint density at radius 2 is 1.73 bits per heavy atom. The molecule has 2 N–H and O–H groups in total. The van der Waals surface area contributed by atoms with Crippen LogP contribution in [-0.2, 0) is 15.1 Å². The van der Waals surface area contributed by atoms with Crippen LogP contribution in [0, 0.1) is 17.6 Å². The lowest BCUT2D eigenvalue weighted by atomic mass is 9.87. The van der Waals surface area contributed by atoms with E-state index in [4.69, 9.17) is 0 Å². The summed E-state index contributed by atoms with van der Waals surface area (Å²) >= 11 is 0. The van der Waals surface area contributed by atoms with E-state index < -0.39 is 40.9 Å². The van der Waals surface area contributed by atoms with Crippen molar-refractivity contribution in [3.05, 3.63) is 71.3 Å². The van der Waals surface area contributed by atoms with Crippen molar-refractivity contribution in [3.63, 3.8) is 0 Å². The van der Waals surface area contributed by atoms with Gasteiger partial charge < -0.3 is 10.4 Å². The predicted octanol–water partition coefficient (Wildman–Crippen LogP) is 3.57. The number of carbonyl (C=O) groups is 2. The maximum absolute atomic E-state index is 13.9. The van der Waals surface area contributed by atoms with E-state index in [1.807, 2.05) is 0 Å². The number of carbonyl (C=O) groups excluding carboxylic acids is 1. The quantitative estimate of drug-likeness (QED) is 0.829. The van der Waals surface area contributed by atoms with Crippen molar-refractivity contribution in [2.45, 2.75) is 31.2 Å². The number of nitrogens with one attached hydrogen (secondary N) is 1. The van der Waals surface area contributed by atoms with Gasteiger partial charge in [-0.3, -0.25) is 4.79 Å². The fourth-order valence-corrected chi connectivity index (χ4v) is 3.39. The smallest absolute Gasteiger partial charge is 0.334 e. The average molecular weight is 359 g/mol. The van der Waals surface area contributed by atoms with Gasteiger partial charge in [-0.2, -0.15) is 0 Å². The second-order valence-electron chi connectivity index (χ2n) is 6.50. The maximum atomic E-state index is 13.9. The number of halogens is 2. The first-order chi connectivity index (χ1) is 12.4. The summed E-state index contributed by atoms with van der Waals surface area (Å²) in [6.07, 6.45) is 0.432. The third-order valence-corrected chi connectivity index (χ3v) is 5.00. The third-order valence-electron chi connectivity index (χ3n) is 5.00. The molecule has 2 aromatic rings. The standard InChI is InChI=1S/C20H19F2NO3/c1-2-20(19(25)26,12-7-4-3-5-8-12)23-18(24)14-11-13(14)17-15(21)9-6-10-16(17)22/h3-10,13-14H,2,11H2,1H3,(H,23,24)(H,25,26). The number of benzene rings is 2. The summed E-state index contributed by atoms with van der Waals surface area (Å²) < 4.78 is 27.8. The Balaban J connectivity index is 1.83. The van der Waals surface area contributed by atoms with Gasteiger partial charge in [-0.25, -0.2) is 13.6 Å². The van der Waals surface area contributed by atoms with Crippen LogP contribution in [0.4, 0.5) is 8.78 Å². The number of hydrogen-bond donors (Lipinski definition) is 2. The summed E-state index contributed by atoms with van der Waals surface area (Å²) in [5.41, 5.74) is -1.22. The normalized spacial score (nSPS) is 20.9. The molecule has 0 heterocycles. The SMILES string of the molecule is CCC(NC(=O)C1CC1c1c(F)cccc1F)(C(=O)O)c1ccccc1. The number of carboxylic acids is 1. The minimum absolute atomic E-state index is 0.107. The molecule has 1 saturated carbocycles. The Bertz CT molecular complexity index is 820. The first-order valence-electron chi connectivity index (χ1n) is 8.45. The lowest BCUT2D eigenvalue weighted by Gasteiger charge is -2.30. The molecule has 136 valence electrons. The topological polar surface area (TPSA) is 66.4 Å². The van der Waals surface area contributed by atoms with Crippen LogP contribution in [-0.4, -0.2) is 17.0 Å². The van der Waals surface area contributed by atoms with Crippen molar-refractivity contribution in [2.24, 2.45) is 5.92 Å². The molecule has 1 amide bonds. The van der Waals surface area contributed by atoms with Crippen LogP contribution in [0.25, 0.3) is 0 Å². The average Bonchev–Trinajstić information content (AvgIpc) is 3.40. The molecule has 1 fully saturated rings. The van der Waals surface area contributed by atoms with Crippen molar-refractivity contribution in [3.8, 4) is 0 Å². The summed E-state index contributed by atoms with van der Waals surface area (Å²) in [5, 5.41) is 12.4. The number of carboxylic acid groups (broad SMARTS) is 1. The number of amides is 1. The molecule has 0 bridgehead atoms. The van der Waals surface area contributed by atoms with E-state index in [0.29, 0.717) is 5.56 Å². The lowest BCUT2D eigenvalue weighted by Crippen LogP contribution is -2.52. The van der Waals surface area contributed by atoms with Crippen LogP contribution in [0.2, 0.25) is 0 Å². The van der Waals surface area contributed by atoms with E-state index in [1.54, 1.807) is 37.3 Å². The number of hydrogen-bond acceptors (Lipinski definition) is 2. The van der Waals surface area contributed by atoms with Crippen molar-refractivity contribution in [1.29, 1.82) is 0 Å². The van der Waals surface area contributed by atoms with E-state index in [-0.39, 0.29) is 18.4 Å². The van der Waals surface area contributed by atoms with Gasteiger partial charge in [-0.15, -0.1) is 0 Å². The second kappa shape index (κ2) is 6.86. The summed E-state index contributed by atoms with van der Waals surface area (Å²) in [4.78, 5) is 24.6. The van der Waals surface area contributed by atoms with Crippen molar-refractivity contribution in [1.82, 2.24) is 5.32 Å². The zero-order chi connectivity index (χ0) is 18.9. The zero-order valence-corrected chi connectivity index (χ0v) is 14.2. The van der Waals surface area contributed by atoms with Gasteiger partial charge in [-0.1, -0.05) is 43.3 Å². The van der Waals surface area contributed by atoms with E-state index in [1.165, 1.54) is 6.07 Å². The molecule has 0 aliphatic heterocycles. The molecule has 3 atom stereocenters. The first-order valence-corrected chi connectivity index (χ1v) is 8.45. The Kier molecular flexibility index (Phi) is 4.76. The Hall–Kier alpha value is -2.76. The van der Waals surface area contributed by atoms with Gasteiger partial charge >= 0.3 is 5.97 Å². The Morgan fingerprint density at radius 1 is 1.12 bits per heavy atom. The molecule has 0 saturated heterocycles. The fourth-order valence-electron chi connectivity index (χ4n) is 3.39. The van der Waals surface area contributed by atoms with Crippen LogP contribution in [0.1, 0.15) is 36.8 Å². The van der Waals surface area contributed by atoms with Crippen LogP contribution < -0.4 is 5.32 Å². The van der Waals surface area contributed by atoms with Gasteiger partial charge in [0.2, 0.25) is 5.91 Å². The minimum Gasteiger partial charge on any atom is -0.479 e. The van der Waals surface area contributed by atoms with Gasteiger partial charge in [0.05, 0.1) is 0 Å². The highest BCUT2D eigenvalue weighted by atomic mass is 19.1. The monoisotopic (exact) mass is 359 g/mol. The molecule has 1 aliphatic carbocycles. The molecule has 4 nitrogen and oxygen atoms in total. The number of aliphatic carboxylic acids is 1. The molecule has 0 radical (unpaired) electrons. The van der Waals surface area contributed by atoms with Gasteiger partial charge in [0, 0.05) is 17.4 Å². The van der Waals surface area contributed by atoms with Crippen LogP contribution in [0.3, 0.4) is 0 Å². The van der Waals surface area contributed by atoms with Gasteiger partial charge in [0.1, 0.15) is 11.6 Å². The fraction of sp³-hybridized carbons (Fsp3) is 0.300. The molecule has 3 rings (SSSR count). The zero-order valence-electron chi connectivity index (χ0n) is 14.2. The van der Waals surface area contributed by atoms with Crippen LogP contribution in [0.5, 0.6) is 0 Å². The van der Waals surface area contributed by atoms with E-state index >= 15 is 0 Å². The van der Waals surface area contributed by atoms with Gasteiger partial charge in [0.25, 0.3) is 0 Å². The van der Waals surface area contributed by atoms with E-state index in [2.05, 4.69) is 5.32 Å². The third kappa shape index (κ3) is 3.07. The molecule has 26 heavy (non-hydrogen) atoms. The molecule has 0 spiro atoms. The van der Waals surface area contributed by atoms with Gasteiger partial charge in [-0.05, 0) is 30.5 Å². The first kappa shape index (κ1) is 18.0. The molecular formula is C20H19F2NO3.